The molecule has 0 aliphatic carbocycles. The molecule has 2 heterocycles. The van der Waals surface area contributed by atoms with Gasteiger partial charge in [-0.3, -0.25) is 4.72 Å². The molecule has 0 amide bonds. The van der Waals surface area contributed by atoms with Crippen LogP contribution < -0.4 is 9.62 Å². The lowest BCUT2D eigenvalue weighted by Crippen LogP contribution is -2.24. The Bertz CT molecular complexity index is 830. The highest BCUT2D eigenvalue weighted by molar-refractivity contribution is 7.92. The number of pyridine rings is 1. The minimum Gasteiger partial charge on any atom is -0.357 e. The first-order valence-electron chi connectivity index (χ1n) is 8.46. The van der Waals surface area contributed by atoms with E-state index in [1.54, 1.807) is 6.07 Å². The highest BCUT2D eigenvalue weighted by Crippen LogP contribution is 2.21. The van der Waals surface area contributed by atoms with Crippen LogP contribution in [0.5, 0.6) is 0 Å². The van der Waals surface area contributed by atoms with E-state index in [-0.39, 0.29) is 10.5 Å². The largest absolute Gasteiger partial charge is 0.357 e. The second-order valence-corrected chi connectivity index (χ2v) is 8.01. The van der Waals surface area contributed by atoms with Gasteiger partial charge in [0.1, 0.15) is 11.6 Å². The van der Waals surface area contributed by atoms with Gasteiger partial charge in [-0.05, 0) is 55.7 Å². The van der Waals surface area contributed by atoms with Crippen molar-refractivity contribution in [2.24, 2.45) is 0 Å². The van der Waals surface area contributed by atoms with Gasteiger partial charge in [-0.25, -0.2) is 17.8 Å². The van der Waals surface area contributed by atoms with Crippen molar-refractivity contribution in [1.29, 1.82) is 0 Å². The third-order valence-corrected chi connectivity index (χ3v) is 5.75. The topological polar surface area (TPSA) is 62.3 Å². The molecule has 1 saturated heterocycles. The fourth-order valence-corrected chi connectivity index (χ4v) is 4.06. The number of aryl methyl sites for hydroxylation is 1. The molecular weight excluding hydrogens is 341 g/mol. The Hall–Kier alpha value is -2.15. The van der Waals surface area contributed by atoms with Crippen LogP contribution in [0.2, 0.25) is 0 Å². The summed E-state index contributed by atoms with van der Waals surface area (Å²) in [6.45, 7) is 3.49. The third kappa shape index (κ3) is 4.28. The van der Waals surface area contributed by atoms with Gasteiger partial charge in [0, 0.05) is 13.1 Å². The lowest BCUT2D eigenvalue weighted by Gasteiger charge is -2.21. The molecule has 1 aliphatic heterocycles. The zero-order valence-electron chi connectivity index (χ0n) is 14.2. The molecule has 0 atom stereocenters. The van der Waals surface area contributed by atoms with Crippen LogP contribution in [0, 0.1) is 12.7 Å². The molecule has 7 heteroatoms. The first-order chi connectivity index (χ1) is 12.0. The highest BCUT2D eigenvalue weighted by atomic mass is 32.2. The second kappa shape index (κ2) is 7.39. The molecule has 1 aromatic carbocycles. The summed E-state index contributed by atoms with van der Waals surface area (Å²) < 4.78 is 40.7. The number of rotatable bonds is 4. The standard InChI is InChI=1S/C18H22FN3O2S/c1-14-12-16(7-8-17(14)19)25(23,24)21-15-6-9-18(20-13-15)22-10-4-2-3-5-11-22/h6-9,12-13,21H,2-5,10-11H2,1H3. The monoisotopic (exact) mass is 363 g/mol. The van der Waals surface area contributed by atoms with Gasteiger partial charge >= 0.3 is 0 Å². The summed E-state index contributed by atoms with van der Waals surface area (Å²) in [6.07, 6.45) is 6.31. The normalized spacial score (nSPS) is 15.7. The van der Waals surface area contributed by atoms with Crippen molar-refractivity contribution < 1.29 is 12.8 Å². The predicted molar refractivity (Wildman–Crippen MR) is 96.9 cm³/mol. The first kappa shape index (κ1) is 17.7. The Morgan fingerprint density at radius 1 is 1.08 bits per heavy atom. The molecule has 1 aliphatic rings. The van der Waals surface area contributed by atoms with Crippen LogP contribution in [0.15, 0.2) is 41.4 Å². The van der Waals surface area contributed by atoms with Crippen LogP contribution >= 0.6 is 0 Å². The van der Waals surface area contributed by atoms with Gasteiger partial charge in [0.15, 0.2) is 0 Å². The van der Waals surface area contributed by atoms with Crippen LogP contribution in [0.3, 0.4) is 0 Å². The molecule has 1 fully saturated rings. The summed E-state index contributed by atoms with van der Waals surface area (Å²) in [5, 5.41) is 0. The van der Waals surface area contributed by atoms with Crippen molar-refractivity contribution in [2.45, 2.75) is 37.5 Å². The Morgan fingerprint density at radius 3 is 2.40 bits per heavy atom. The molecule has 1 aromatic heterocycles. The molecule has 0 bridgehead atoms. The second-order valence-electron chi connectivity index (χ2n) is 6.32. The summed E-state index contributed by atoms with van der Waals surface area (Å²) in [5.41, 5.74) is 0.679. The predicted octanol–water partition coefficient (Wildman–Crippen LogP) is 3.71. The van der Waals surface area contributed by atoms with Gasteiger partial charge in [-0.15, -0.1) is 0 Å². The smallest absolute Gasteiger partial charge is 0.261 e. The fraction of sp³-hybridized carbons (Fsp3) is 0.389. The molecule has 134 valence electrons. The van der Waals surface area contributed by atoms with Crippen molar-refractivity contribution in [2.75, 3.05) is 22.7 Å². The van der Waals surface area contributed by atoms with E-state index >= 15 is 0 Å². The number of halogens is 1. The van der Waals surface area contributed by atoms with E-state index < -0.39 is 15.8 Å². The number of benzene rings is 1. The van der Waals surface area contributed by atoms with Crippen LogP contribution in [0.25, 0.3) is 0 Å². The van der Waals surface area contributed by atoms with Gasteiger partial charge in [-0.2, -0.15) is 0 Å². The molecule has 2 aromatic rings. The SMILES string of the molecule is Cc1cc(S(=O)(=O)Nc2ccc(N3CCCCCC3)nc2)ccc1F. The number of hydrogen-bond donors (Lipinski definition) is 1. The summed E-state index contributed by atoms with van der Waals surface area (Å²) in [6, 6.07) is 7.27. The van der Waals surface area contributed by atoms with Crippen molar-refractivity contribution >= 4 is 21.5 Å². The minimum absolute atomic E-state index is 0.0306. The number of anilines is 2. The molecule has 0 unspecified atom stereocenters. The molecule has 5 nitrogen and oxygen atoms in total. The number of aromatic nitrogens is 1. The Morgan fingerprint density at radius 2 is 1.80 bits per heavy atom. The van der Waals surface area contributed by atoms with E-state index in [2.05, 4.69) is 14.6 Å². The number of nitrogens with zero attached hydrogens (tertiary/aromatic N) is 2. The summed E-state index contributed by atoms with van der Waals surface area (Å²) >= 11 is 0. The van der Waals surface area contributed by atoms with Gasteiger partial charge in [0.25, 0.3) is 10.0 Å². The van der Waals surface area contributed by atoms with Crippen molar-refractivity contribution in [3.05, 3.63) is 47.9 Å². The van der Waals surface area contributed by atoms with E-state index in [4.69, 9.17) is 0 Å². The van der Waals surface area contributed by atoms with Crippen LogP contribution in [-0.2, 0) is 10.0 Å². The maximum Gasteiger partial charge on any atom is 0.261 e. The maximum atomic E-state index is 13.3. The summed E-state index contributed by atoms with van der Waals surface area (Å²) in [5.74, 6) is 0.435. The van der Waals surface area contributed by atoms with E-state index in [0.29, 0.717) is 5.69 Å². The van der Waals surface area contributed by atoms with Gasteiger partial charge < -0.3 is 4.90 Å². The van der Waals surface area contributed by atoms with Crippen molar-refractivity contribution in [3.8, 4) is 0 Å². The number of sulfonamides is 1. The van der Waals surface area contributed by atoms with Crippen LogP contribution in [-0.4, -0.2) is 26.5 Å². The number of nitrogens with one attached hydrogen (secondary N) is 1. The van der Waals surface area contributed by atoms with Gasteiger partial charge in [-0.1, -0.05) is 12.8 Å². The van der Waals surface area contributed by atoms with Crippen LogP contribution in [0.1, 0.15) is 31.2 Å². The Kier molecular flexibility index (Phi) is 5.22. The number of hydrogen-bond acceptors (Lipinski definition) is 4. The average molecular weight is 363 g/mol. The third-order valence-electron chi connectivity index (χ3n) is 4.37. The molecule has 1 N–H and O–H groups in total. The van der Waals surface area contributed by atoms with E-state index in [9.17, 15) is 12.8 Å². The molecule has 25 heavy (non-hydrogen) atoms. The molecule has 3 rings (SSSR count). The van der Waals surface area contributed by atoms with Gasteiger partial charge in [0.2, 0.25) is 0 Å². The Labute approximate surface area is 147 Å². The summed E-state index contributed by atoms with van der Waals surface area (Å²) in [4.78, 5) is 6.65. The molecular formula is C18H22FN3O2S. The molecule has 0 radical (unpaired) electrons. The maximum absolute atomic E-state index is 13.3. The zero-order chi connectivity index (χ0) is 17.9. The van der Waals surface area contributed by atoms with Crippen molar-refractivity contribution in [1.82, 2.24) is 4.98 Å². The quantitative estimate of drug-likeness (QED) is 0.899. The van der Waals surface area contributed by atoms with Gasteiger partial charge in [0.05, 0.1) is 16.8 Å². The lowest BCUT2D eigenvalue weighted by molar-refractivity contribution is 0.598. The summed E-state index contributed by atoms with van der Waals surface area (Å²) in [7, 11) is -3.77. The van der Waals surface area contributed by atoms with E-state index in [1.165, 1.54) is 38.1 Å². The minimum atomic E-state index is -3.77. The lowest BCUT2D eigenvalue weighted by atomic mass is 10.2. The average Bonchev–Trinajstić information content (AvgIpc) is 2.87. The van der Waals surface area contributed by atoms with E-state index in [1.807, 2.05) is 6.07 Å². The zero-order valence-corrected chi connectivity index (χ0v) is 15.0. The van der Waals surface area contributed by atoms with Crippen LogP contribution in [0.4, 0.5) is 15.9 Å². The Balaban J connectivity index is 1.74. The highest BCUT2D eigenvalue weighted by Gasteiger charge is 2.16. The first-order valence-corrected chi connectivity index (χ1v) is 9.94. The molecule has 0 saturated carbocycles. The fourth-order valence-electron chi connectivity index (χ4n) is 2.93. The van der Waals surface area contributed by atoms with Crippen molar-refractivity contribution in [3.63, 3.8) is 0 Å². The molecule has 0 spiro atoms. The van der Waals surface area contributed by atoms with E-state index in [0.717, 1.165) is 37.8 Å².